The maximum absolute atomic E-state index is 11.5. The molecule has 0 aromatic carbocycles. The number of carbonyl (C=O) groups excluding carboxylic acids is 1. The quantitative estimate of drug-likeness (QED) is 0.667. The second-order valence-corrected chi connectivity index (χ2v) is 5.13. The molecule has 0 aliphatic heterocycles. The molecule has 2 aliphatic rings. The molecule has 0 saturated heterocycles. The Kier molecular flexibility index (Phi) is 3.62. The zero-order chi connectivity index (χ0) is 10.7. The lowest BCUT2D eigenvalue weighted by Gasteiger charge is -2.13. The Hall–Kier alpha value is -0.570. The zero-order valence-corrected chi connectivity index (χ0v) is 9.59. The molecule has 2 fully saturated rings. The predicted octanol–water partition coefficient (Wildman–Crippen LogP) is 1.43. The minimum atomic E-state index is 0.205. The van der Waals surface area contributed by atoms with Crippen LogP contribution < -0.4 is 10.6 Å². The predicted molar refractivity (Wildman–Crippen MR) is 60.6 cm³/mol. The molecular formula is C12H22N2O. The van der Waals surface area contributed by atoms with Crippen LogP contribution in [0.15, 0.2) is 0 Å². The van der Waals surface area contributed by atoms with E-state index in [-0.39, 0.29) is 5.91 Å². The van der Waals surface area contributed by atoms with E-state index in [2.05, 4.69) is 17.6 Å². The van der Waals surface area contributed by atoms with Crippen LogP contribution in [0.2, 0.25) is 0 Å². The molecule has 3 nitrogen and oxygen atoms in total. The van der Waals surface area contributed by atoms with E-state index >= 15 is 0 Å². The summed E-state index contributed by atoms with van der Waals surface area (Å²) in [4.78, 5) is 11.5. The number of carbonyl (C=O) groups is 1. The molecule has 1 amide bonds. The monoisotopic (exact) mass is 210 g/mol. The highest BCUT2D eigenvalue weighted by molar-refractivity contribution is 5.76. The van der Waals surface area contributed by atoms with Crippen molar-refractivity contribution in [2.75, 3.05) is 6.54 Å². The summed E-state index contributed by atoms with van der Waals surface area (Å²) in [7, 11) is 0. The molecule has 2 N–H and O–H groups in total. The van der Waals surface area contributed by atoms with Gasteiger partial charge in [0.25, 0.3) is 0 Å². The molecule has 0 spiro atoms. The van der Waals surface area contributed by atoms with Crippen molar-refractivity contribution in [2.24, 2.45) is 5.92 Å². The van der Waals surface area contributed by atoms with Gasteiger partial charge in [-0.05, 0) is 32.1 Å². The van der Waals surface area contributed by atoms with E-state index in [4.69, 9.17) is 0 Å². The number of hydrogen-bond donors (Lipinski definition) is 2. The summed E-state index contributed by atoms with van der Waals surface area (Å²) in [6.45, 7) is 2.96. The molecule has 0 heterocycles. The Bertz CT molecular complexity index is 222. The maximum atomic E-state index is 11.5. The molecular weight excluding hydrogens is 188 g/mol. The molecule has 0 bridgehead atoms. The molecule has 86 valence electrons. The van der Waals surface area contributed by atoms with Crippen LogP contribution in [-0.2, 0) is 4.79 Å². The minimum absolute atomic E-state index is 0.205. The third kappa shape index (κ3) is 4.65. The van der Waals surface area contributed by atoms with Crippen LogP contribution in [0.4, 0.5) is 0 Å². The summed E-state index contributed by atoms with van der Waals surface area (Å²) in [6, 6.07) is 1.08. The van der Waals surface area contributed by atoms with Gasteiger partial charge in [0.05, 0.1) is 0 Å². The van der Waals surface area contributed by atoms with Gasteiger partial charge in [0, 0.05) is 25.0 Å². The lowest BCUT2D eigenvalue weighted by atomic mass is 10.1. The number of rotatable bonds is 7. The van der Waals surface area contributed by atoms with Gasteiger partial charge in [-0.1, -0.05) is 12.8 Å². The zero-order valence-electron chi connectivity index (χ0n) is 9.59. The Morgan fingerprint density at radius 1 is 1.33 bits per heavy atom. The van der Waals surface area contributed by atoms with Gasteiger partial charge in [-0.3, -0.25) is 4.79 Å². The van der Waals surface area contributed by atoms with Crippen molar-refractivity contribution in [3.8, 4) is 0 Å². The van der Waals surface area contributed by atoms with Crippen molar-refractivity contribution >= 4 is 5.91 Å². The van der Waals surface area contributed by atoms with E-state index in [1.165, 1.54) is 32.1 Å². The first-order chi connectivity index (χ1) is 7.24. The molecule has 2 saturated carbocycles. The van der Waals surface area contributed by atoms with E-state index in [1.807, 2.05) is 0 Å². The van der Waals surface area contributed by atoms with Crippen LogP contribution in [0, 0.1) is 5.92 Å². The van der Waals surface area contributed by atoms with Crippen LogP contribution in [0.25, 0.3) is 0 Å². The highest BCUT2D eigenvalue weighted by Crippen LogP contribution is 2.33. The van der Waals surface area contributed by atoms with Gasteiger partial charge >= 0.3 is 0 Å². The Morgan fingerprint density at radius 2 is 2.07 bits per heavy atom. The number of amides is 1. The first-order valence-electron chi connectivity index (χ1n) is 6.27. The van der Waals surface area contributed by atoms with Crippen molar-refractivity contribution in [2.45, 2.75) is 57.5 Å². The van der Waals surface area contributed by atoms with Crippen molar-refractivity contribution in [1.82, 2.24) is 10.6 Å². The summed E-state index contributed by atoms with van der Waals surface area (Å²) in [5.41, 5.74) is 0. The van der Waals surface area contributed by atoms with Crippen molar-refractivity contribution < 1.29 is 4.79 Å². The molecule has 1 atom stereocenters. The van der Waals surface area contributed by atoms with Crippen molar-refractivity contribution in [3.05, 3.63) is 0 Å². The van der Waals surface area contributed by atoms with Gasteiger partial charge < -0.3 is 10.6 Å². The molecule has 0 radical (unpaired) electrons. The summed E-state index contributed by atoms with van der Waals surface area (Å²) in [6.07, 6.45) is 7.11. The molecule has 2 rings (SSSR count). The van der Waals surface area contributed by atoms with Gasteiger partial charge in [-0.15, -0.1) is 0 Å². The van der Waals surface area contributed by atoms with Crippen molar-refractivity contribution in [3.63, 3.8) is 0 Å². The molecule has 2 aliphatic carbocycles. The molecule has 3 heteroatoms. The number of nitrogens with one attached hydrogen (secondary N) is 2. The smallest absolute Gasteiger partial charge is 0.221 e. The third-order valence-corrected chi connectivity index (χ3v) is 3.15. The lowest BCUT2D eigenvalue weighted by molar-refractivity contribution is -0.121. The Balaban J connectivity index is 1.49. The van der Waals surface area contributed by atoms with Gasteiger partial charge in [-0.2, -0.15) is 0 Å². The van der Waals surface area contributed by atoms with Gasteiger partial charge in [0.2, 0.25) is 5.91 Å². The van der Waals surface area contributed by atoms with Crippen molar-refractivity contribution in [1.29, 1.82) is 0 Å². The second-order valence-electron chi connectivity index (χ2n) is 5.13. The standard InChI is InChI=1S/C12H22N2O/c1-9(8-10-2-3-10)14-12(15)6-7-13-11-4-5-11/h9-11,13H,2-8H2,1H3,(H,14,15). The Morgan fingerprint density at radius 3 is 2.67 bits per heavy atom. The molecule has 0 aromatic heterocycles. The summed E-state index contributed by atoms with van der Waals surface area (Å²) >= 11 is 0. The summed E-state index contributed by atoms with van der Waals surface area (Å²) < 4.78 is 0. The minimum Gasteiger partial charge on any atom is -0.354 e. The average molecular weight is 210 g/mol. The molecule has 15 heavy (non-hydrogen) atoms. The van der Waals surface area contributed by atoms with E-state index in [1.54, 1.807) is 0 Å². The first kappa shape index (κ1) is 10.9. The second kappa shape index (κ2) is 4.97. The SMILES string of the molecule is CC(CC1CC1)NC(=O)CCNC1CC1. The van der Waals surface area contributed by atoms with E-state index in [9.17, 15) is 4.79 Å². The fourth-order valence-corrected chi connectivity index (χ4v) is 1.94. The largest absolute Gasteiger partial charge is 0.354 e. The molecule has 1 unspecified atom stereocenters. The van der Waals surface area contributed by atoms with E-state index in [0.29, 0.717) is 18.5 Å². The fourth-order valence-electron chi connectivity index (χ4n) is 1.94. The van der Waals surface area contributed by atoms with Crippen LogP contribution in [-0.4, -0.2) is 24.5 Å². The summed E-state index contributed by atoms with van der Waals surface area (Å²) in [5.74, 6) is 1.10. The van der Waals surface area contributed by atoms with Crippen LogP contribution >= 0.6 is 0 Å². The van der Waals surface area contributed by atoms with Gasteiger partial charge in [-0.25, -0.2) is 0 Å². The summed E-state index contributed by atoms with van der Waals surface area (Å²) in [5, 5.41) is 6.42. The molecule has 0 aromatic rings. The van der Waals surface area contributed by atoms with Crippen LogP contribution in [0.5, 0.6) is 0 Å². The van der Waals surface area contributed by atoms with Gasteiger partial charge in [0.15, 0.2) is 0 Å². The maximum Gasteiger partial charge on any atom is 0.221 e. The van der Waals surface area contributed by atoms with Crippen LogP contribution in [0.1, 0.15) is 45.4 Å². The highest BCUT2D eigenvalue weighted by atomic mass is 16.1. The normalized spacial score (nSPS) is 22.5. The number of hydrogen-bond acceptors (Lipinski definition) is 2. The van der Waals surface area contributed by atoms with Gasteiger partial charge in [0.1, 0.15) is 0 Å². The fraction of sp³-hybridized carbons (Fsp3) is 0.917. The average Bonchev–Trinajstić information content (AvgIpc) is 2.96. The third-order valence-electron chi connectivity index (χ3n) is 3.15. The first-order valence-corrected chi connectivity index (χ1v) is 6.27. The van der Waals surface area contributed by atoms with Crippen LogP contribution in [0.3, 0.4) is 0 Å². The van der Waals surface area contributed by atoms with E-state index in [0.717, 1.165) is 12.5 Å². The topological polar surface area (TPSA) is 41.1 Å². The van der Waals surface area contributed by atoms with E-state index < -0.39 is 0 Å². The lowest BCUT2D eigenvalue weighted by Crippen LogP contribution is -2.35. The Labute approximate surface area is 92.0 Å². The highest BCUT2D eigenvalue weighted by Gasteiger charge is 2.24.